The maximum Gasteiger partial charge on any atom is 0.340 e. The van der Waals surface area contributed by atoms with Crippen molar-refractivity contribution < 1.29 is 14.3 Å². The Balaban J connectivity index is 1.70. The molecule has 0 fully saturated rings. The molecule has 3 aromatic rings. The van der Waals surface area contributed by atoms with Gasteiger partial charge >= 0.3 is 5.97 Å². The molecule has 0 spiro atoms. The number of nitriles is 1. The Hall–Kier alpha value is -4.18. The lowest BCUT2D eigenvalue weighted by Gasteiger charge is -2.11. The van der Waals surface area contributed by atoms with Crippen molar-refractivity contribution in [2.75, 3.05) is 17.2 Å². The zero-order valence-corrected chi connectivity index (χ0v) is 15.7. The lowest BCUT2D eigenvalue weighted by atomic mass is 10.1. The van der Waals surface area contributed by atoms with E-state index in [2.05, 4.69) is 15.6 Å². The molecule has 29 heavy (non-hydrogen) atoms. The quantitative estimate of drug-likeness (QED) is 0.618. The summed E-state index contributed by atoms with van der Waals surface area (Å²) in [5.41, 5.74) is 2.44. The number of anilines is 3. The highest BCUT2D eigenvalue weighted by molar-refractivity contribution is 6.04. The highest BCUT2D eigenvalue weighted by Gasteiger charge is 2.13. The van der Waals surface area contributed by atoms with Gasteiger partial charge in [-0.05, 0) is 55.5 Å². The largest absolute Gasteiger partial charge is 0.462 e. The summed E-state index contributed by atoms with van der Waals surface area (Å²) in [6.45, 7) is 2.03. The summed E-state index contributed by atoms with van der Waals surface area (Å²) in [4.78, 5) is 28.7. The number of esters is 1. The number of aromatic nitrogens is 1. The normalized spacial score (nSPS) is 9.93. The number of nitrogens with one attached hydrogen (secondary N) is 2. The van der Waals surface area contributed by atoms with Crippen molar-refractivity contribution in [3.63, 3.8) is 0 Å². The third-order valence-corrected chi connectivity index (χ3v) is 3.98. The highest BCUT2D eigenvalue weighted by atomic mass is 16.5. The Morgan fingerprint density at radius 3 is 2.48 bits per heavy atom. The van der Waals surface area contributed by atoms with E-state index in [1.54, 1.807) is 67.6 Å². The fraction of sp³-hybridized carbons (Fsp3) is 0.0909. The highest BCUT2D eigenvalue weighted by Crippen LogP contribution is 2.21. The number of hydrogen-bond acceptors (Lipinski definition) is 6. The van der Waals surface area contributed by atoms with E-state index in [1.807, 2.05) is 6.07 Å². The topological polar surface area (TPSA) is 104 Å². The zero-order valence-electron chi connectivity index (χ0n) is 15.7. The molecule has 0 radical (unpaired) electrons. The average Bonchev–Trinajstić information content (AvgIpc) is 2.75. The zero-order chi connectivity index (χ0) is 20.6. The smallest absolute Gasteiger partial charge is 0.340 e. The third-order valence-electron chi connectivity index (χ3n) is 3.98. The molecule has 7 nitrogen and oxygen atoms in total. The van der Waals surface area contributed by atoms with Crippen LogP contribution in [0.2, 0.25) is 0 Å². The van der Waals surface area contributed by atoms with Crippen molar-refractivity contribution in [1.29, 1.82) is 5.26 Å². The minimum Gasteiger partial charge on any atom is -0.462 e. The van der Waals surface area contributed by atoms with Crippen LogP contribution >= 0.6 is 0 Å². The van der Waals surface area contributed by atoms with Crippen LogP contribution < -0.4 is 10.6 Å². The van der Waals surface area contributed by atoms with Gasteiger partial charge in [0.25, 0.3) is 5.91 Å². The molecule has 0 aliphatic rings. The van der Waals surface area contributed by atoms with E-state index in [4.69, 9.17) is 10.00 Å². The van der Waals surface area contributed by atoms with Gasteiger partial charge in [0.1, 0.15) is 5.82 Å². The minimum absolute atomic E-state index is 0.286. The standard InChI is InChI=1S/C22H18N4O3/c1-2-29-22(28)18-5-3-4-6-19(18)26-20-12-9-16(14-24-20)21(27)25-17-10-7-15(13-23)8-11-17/h3-12,14H,2H2,1H3,(H,24,26)(H,25,27). The van der Waals surface area contributed by atoms with Crippen LogP contribution in [0, 0.1) is 11.3 Å². The van der Waals surface area contributed by atoms with Crippen molar-refractivity contribution >= 4 is 29.1 Å². The lowest BCUT2D eigenvalue weighted by Crippen LogP contribution is -2.12. The number of carbonyl (C=O) groups excluding carboxylic acids is 2. The summed E-state index contributed by atoms with van der Waals surface area (Å²) in [6, 6.07) is 18.8. The maximum absolute atomic E-state index is 12.4. The molecule has 0 aliphatic heterocycles. The van der Waals surface area contributed by atoms with Crippen molar-refractivity contribution in [1.82, 2.24) is 4.98 Å². The van der Waals surface area contributed by atoms with E-state index in [1.165, 1.54) is 6.20 Å². The summed E-state index contributed by atoms with van der Waals surface area (Å²) in [5, 5.41) is 14.6. The molecule has 7 heteroatoms. The predicted molar refractivity (Wildman–Crippen MR) is 109 cm³/mol. The van der Waals surface area contributed by atoms with Gasteiger partial charge in [-0.3, -0.25) is 4.79 Å². The molecule has 2 aromatic carbocycles. The van der Waals surface area contributed by atoms with E-state index in [9.17, 15) is 9.59 Å². The number of carbonyl (C=O) groups is 2. The summed E-state index contributed by atoms with van der Waals surface area (Å²) >= 11 is 0. The number of rotatable bonds is 6. The van der Waals surface area contributed by atoms with Gasteiger partial charge in [-0.1, -0.05) is 12.1 Å². The van der Waals surface area contributed by atoms with Gasteiger partial charge in [-0.25, -0.2) is 9.78 Å². The molecular weight excluding hydrogens is 368 g/mol. The fourth-order valence-corrected chi connectivity index (χ4v) is 2.55. The Morgan fingerprint density at radius 1 is 1.07 bits per heavy atom. The Bertz CT molecular complexity index is 1050. The van der Waals surface area contributed by atoms with Crippen LogP contribution in [0.5, 0.6) is 0 Å². The van der Waals surface area contributed by atoms with E-state index in [-0.39, 0.29) is 12.5 Å². The first kappa shape index (κ1) is 19.6. The number of pyridine rings is 1. The molecule has 144 valence electrons. The van der Waals surface area contributed by atoms with Crippen LogP contribution in [-0.2, 0) is 4.74 Å². The molecule has 1 aromatic heterocycles. The van der Waals surface area contributed by atoms with Crippen LogP contribution in [0.15, 0.2) is 66.9 Å². The molecule has 1 amide bonds. The molecule has 0 bridgehead atoms. The third kappa shape index (κ3) is 4.96. The Morgan fingerprint density at radius 2 is 1.83 bits per heavy atom. The van der Waals surface area contributed by atoms with Crippen LogP contribution in [0.4, 0.5) is 17.2 Å². The van der Waals surface area contributed by atoms with Crippen molar-refractivity contribution in [2.24, 2.45) is 0 Å². The minimum atomic E-state index is -0.422. The van der Waals surface area contributed by atoms with Gasteiger partial charge in [-0.15, -0.1) is 0 Å². The van der Waals surface area contributed by atoms with Crippen LogP contribution in [0.1, 0.15) is 33.2 Å². The van der Waals surface area contributed by atoms with E-state index in [0.717, 1.165) is 0 Å². The second-order valence-electron chi connectivity index (χ2n) is 5.97. The Labute approximate surface area is 168 Å². The number of benzene rings is 2. The molecule has 0 saturated heterocycles. The van der Waals surface area contributed by atoms with Gasteiger partial charge in [0.15, 0.2) is 0 Å². The molecular formula is C22H18N4O3. The van der Waals surface area contributed by atoms with E-state index >= 15 is 0 Å². The van der Waals surface area contributed by atoms with Gasteiger partial charge in [0.05, 0.1) is 35.1 Å². The second kappa shape index (κ2) is 9.15. The maximum atomic E-state index is 12.4. The Kier molecular flexibility index (Phi) is 6.18. The molecule has 3 rings (SSSR count). The summed E-state index contributed by atoms with van der Waals surface area (Å²) in [5.74, 6) is -0.258. The lowest BCUT2D eigenvalue weighted by molar-refractivity contribution is 0.0527. The second-order valence-corrected chi connectivity index (χ2v) is 5.97. The number of hydrogen-bond donors (Lipinski definition) is 2. The molecule has 0 aliphatic carbocycles. The molecule has 2 N–H and O–H groups in total. The number of nitrogens with zero attached hydrogens (tertiary/aromatic N) is 2. The van der Waals surface area contributed by atoms with Crippen LogP contribution in [0.3, 0.4) is 0 Å². The molecule has 0 unspecified atom stereocenters. The summed E-state index contributed by atoms with van der Waals surface area (Å²) in [7, 11) is 0. The SMILES string of the molecule is CCOC(=O)c1ccccc1Nc1ccc(C(=O)Nc2ccc(C#N)cc2)cn1. The monoisotopic (exact) mass is 386 g/mol. The first-order chi connectivity index (χ1) is 14.1. The molecule has 0 atom stereocenters. The van der Waals surface area contributed by atoms with Crippen LogP contribution in [-0.4, -0.2) is 23.5 Å². The summed E-state index contributed by atoms with van der Waals surface area (Å²) < 4.78 is 5.06. The van der Waals surface area contributed by atoms with Crippen molar-refractivity contribution in [3.8, 4) is 6.07 Å². The van der Waals surface area contributed by atoms with Gasteiger partial charge in [-0.2, -0.15) is 5.26 Å². The van der Waals surface area contributed by atoms with E-state index in [0.29, 0.717) is 33.9 Å². The predicted octanol–water partition coefficient (Wildman–Crippen LogP) is 4.13. The fourth-order valence-electron chi connectivity index (χ4n) is 2.55. The number of para-hydroxylation sites is 1. The first-order valence-corrected chi connectivity index (χ1v) is 8.91. The van der Waals surface area contributed by atoms with E-state index < -0.39 is 5.97 Å². The van der Waals surface area contributed by atoms with Gasteiger partial charge in [0.2, 0.25) is 0 Å². The molecule has 1 heterocycles. The van der Waals surface area contributed by atoms with Gasteiger partial charge in [0, 0.05) is 11.9 Å². The number of ether oxygens (including phenoxy) is 1. The summed E-state index contributed by atoms with van der Waals surface area (Å²) in [6.07, 6.45) is 1.44. The average molecular weight is 386 g/mol. The van der Waals surface area contributed by atoms with Crippen molar-refractivity contribution in [2.45, 2.75) is 6.92 Å². The van der Waals surface area contributed by atoms with Gasteiger partial charge < -0.3 is 15.4 Å². The first-order valence-electron chi connectivity index (χ1n) is 8.91. The van der Waals surface area contributed by atoms with Crippen molar-refractivity contribution in [3.05, 3.63) is 83.6 Å². The van der Waals surface area contributed by atoms with Crippen LogP contribution in [0.25, 0.3) is 0 Å². The number of amides is 1. The molecule has 0 saturated carbocycles.